The molecule has 0 aliphatic heterocycles. The number of nitrogens with zero attached hydrogens (tertiary/aromatic N) is 6. The molecule has 1 N–H and O–H groups in total. The number of aliphatic carboxylic acids is 1. The Hall–Kier alpha value is 3.09. The Bertz CT molecular complexity index is 1570. The summed E-state index contributed by atoms with van der Waals surface area (Å²) in [6.45, 7) is 2.10. The third kappa shape index (κ3) is 17.0. The summed E-state index contributed by atoms with van der Waals surface area (Å²) in [5, 5.41) is 32.7. The van der Waals surface area contributed by atoms with Crippen molar-refractivity contribution in [3.63, 3.8) is 0 Å². The minimum Gasteiger partial charge on any atom is -0.748 e. The van der Waals surface area contributed by atoms with Crippen LogP contribution >= 0.6 is 46.4 Å². The number of nitriles is 1. The smallest absolute Gasteiger partial charge is 0.748 e. The van der Waals surface area contributed by atoms with Crippen LogP contribution in [-0.4, -0.2) is 117 Å². The molecule has 25 heteroatoms. The molecule has 2 aliphatic carbocycles. The van der Waals surface area contributed by atoms with Crippen LogP contribution in [0.1, 0.15) is 63.5 Å². The van der Waals surface area contributed by atoms with E-state index in [1.807, 2.05) is 11.0 Å². The maximum atomic E-state index is 12.2. The number of hydrogen-bond donors (Lipinski definition) is 1. The van der Waals surface area contributed by atoms with Crippen molar-refractivity contribution in [3.8, 4) is 6.07 Å². The normalized spacial score (nSPS) is 27.9. The maximum Gasteiger partial charge on any atom is 1.00 e. The van der Waals surface area contributed by atoms with Gasteiger partial charge in [-0.2, -0.15) is 15.5 Å². The number of hydrogen-bond acceptors (Lipinski definition) is 14. The van der Waals surface area contributed by atoms with E-state index in [4.69, 9.17) is 46.4 Å². The van der Waals surface area contributed by atoms with Crippen LogP contribution in [0.2, 0.25) is 0 Å². The van der Waals surface area contributed by atoms with Crippen LogP contribution in [0.25, 0.3) is 0 Å². The molecule has 2 fully saturated rings. The van der Waals surface area contributed by atoms with Crippen LogP contribution in [0.5, 0.6) is 0 Å². The molecular weight excluding hydrogens is 890 g/mol. The Morgan fingerprint density at radius 2 is 1.48 bits per heavy atom. The molecule has 0 aromatic carbocycles. The van der Waals surface area contributed by atoms with Gasteiger partial charge in [-0.3, -0.25) is 4.79 Å². The summed E-state index contributed by atoms with van der Waals surface area (Å²) in [5.74, 6) is -4.31. The van der Waals surface area contributed by atoms with Gasteiger partial charge in [0, 0.05) is 36.4 Å². The SMILES string of the molecule is CC(=O)NC1CC(N(CCCCS(=O)(=O)[O-])CCCCS(=O)(=O)[O-])CCC1N=Nc1c(C#N)cnn1C1C(Cl)C(Cl)C(C(=O)[O-])C(Cl)C1Cl.[K+].[K+].[K+]. The van der Waals surface area contributed by atoms with Crippen molar-refractivity contribution in [2.45, 2.75) is 97.5 Å². The molecule has 1 aromatic rings. The topological polar surface area (TPSA) is 253 Å². The van der Waals surface area contributed by atoms with Crippen LogP contribution in [0, 0.1) is 17.2 Å². The van der Waals surface area contributed by atoms with E-state index in [2.05, 4.69) is 20.6 Å². The number of alkyl halides is 4. The molecule has 0 bridgehead atoms. The molecule has 276 valence electrons. The van der Waals surface area contributed by atoms with Gasteiger partial charge < -0.3 is 29.2 Å². The van der Waals surface area contributed by atoms with E-state index in [0.717, 1.165) is 0 Å². The fourth-order valence-electron chi connectivity index (χ4n) is 6.22. The molecule has 0 spiro atoms. The number of carboxylic acids is 1. The van der Waals surface area contributed by atoms with Gasteiger partial charge >= 0.3 is 154 Å². The molecule has 7 atom stereocenters. The molecule has 0 saturated heterocycles. The monoisotopic (exact) mass is 923 g/mol. The van der Waals surface area contributed by atoms with Crippen LogP contribution in [0.4, 0.5) is 5.82 Å². The summed E-state index contributed by atoms with van der Waals surface area (Å²) < 4.78 is 67.7. The van der Waals surface area contributed by atoms with Crippen molar-refractivity contribution >= 4 is 84.3 Å². The number of carbonyl (C=O) groups excluding carboxylic acids is 2. The molecule has 7 unspecified atom stereocenters. The van der Waals surface area contributed by atoms with Crippen molar-refractivity contribution in [3.05, 3.63) is 11.8 Å². The molecule has 3 rings (SSSR count). The van der Waals surface area contributed by atoms with Crippen LogP contribution in [0.15, 0.2) is 16.4 Å². The first kappa shape index (κ1) is 55.1. The summed E-state index contributed by atoms with van der Waals surface area (Å²) in [4.78, 5) is 25.9. The molecule has 2 aliphatic rings. The Labute approximate surface area is 451 Å². The van der Waals surface area contributed by atoms with Gasteiger partial charge in [-0.25, -0.2) is 21.5 Å². The molecule has 1 aromatic heterocycles. The zero-order chi connectivity index (χ0) is 36.7. The Morgan fingerprint density at radius 1 is 0.962 bits per heavy atom. The first-order valence-corrected chi connectivity index (χ1v) is 20.3. The number of rotatable bonds is 16. The molecule has 2 saturated carbocycles. The van der Waals surface area contributed by atoms with Gasteiger partial charge in [-0.15, -0.1) is 51.5 Å². The molecule has 0 radical (unpaired) electrons. The van der Waals surface area contributed by atoms with E-state index in [1.54, 1.807) is 0 Å². The summed E-state index contributed by atoms with van der Waals surface area (Å²) in [5.41, 5.74) is 0.00637. The Balaban J connectivity index is 0.00000867. The van der Waals surface area contributed by atoms with E-state index >= 15 is 0 Å². The summed E-state index contributed by atoms with van der Waals surface area (Å²) >= 11 is 25.9. The second kappa shape index (κ2) is 25.7. The largest absolute Gasteiger partial charge is 1.00 e. The van der Waals surface area contributed by atoms with E-state index in [1.165, 1.54) is 17.8 Å². The van der Waals surface area contributed by atoms with Crippen molar-refractivity contribution < 1.29 is 195 Å². The van der Waals surface area contributed by atoms with E-state index in [9.17, 15) is 45.9 Å². The van der Waals surface area contributed by atoms with Crippen molar-refractivity contribution in [1.82, 2.24) is 20.0 Å². The number of aromatic nitrogens is 2. The number of amides is 1. The minimum absolute atomic E-state index is 0. The number of carbonyl (C=O) groups is 2. The molecule has 1 amide bonds. The Kier molecular flexibility index (Phi) is 27.2. The van der Waals surface area contributed by atoms with Crippen molar-refractivity contribution in [1.29, 1.82) is 5.26 Å². The van der Waals surface area contributed by atoms with Gasteiger partial charge in [-0.1, -0.05) is 0 Å². The fourth-order valence-corrected chi connectivity index (χ4v) is 9.14. The van der Waals surface area contributed by atoms with Gasteiger partial charge in [0.25, 0.3) is 0 Å². The fraction of sp³-hybridized carbons (Fsp3) is 0.778. The van der Waals surface area contributed by atoms with Gasteiger partial charge in [-0.05, 0) is 58.0 Å². The predicted molar refractivity (Wildman–Crippen MR) is 176 cm³/mol. The quantitative estimate of drug-likeness (QED) is 0.0534. The summed E-state index contributed by atoms with van der Waals surface area (Å²) in [6, 6.07) is -0.318. The summed E-state index contributed by atoms with van der Waals surface area (Å²) in [7, 11) is -8.78. The van der Waals surface area contributed by atoms with E-state index < -0.39 is 83.3 Å². The van der Waals surface area contributed by atoms with E-state index in [-0.39, 0.29) is 190 Å². The summed E-state index contributed by atoms with van der Waals surface area (Å²) in [6.07, 6.45) is 3.51. The molecule has 52 heavy (non-hydrogen) atoms. The first-order valence-electron chi connectivity index (χ1n) is 15.4. The predicted octanol–water partition coefficient (Wildman–Crippen LogP) is -7.42. The number of halogens is 4. The second-order valence-corrected chi connectivity index (χ2v) is 17.1. The number of nitrogens with one attached hydrogen (secondary N) is 1. The van der Waals surface area contributed by atoms with Crippen LogP contribution in [-0.2, 0) is 29.8 Å². The minimum atomic E-state index is -4.39. The molecule has 1 heterocycles. The van der Waals surface area contributed by atoms with Gasteiger partial charge in [0.15, 0.2) is 5.82 Å². The third-order valence-corrected chi connectivity index (χ3v) is 12.5. The van der Waals surface area contributed by atoms with Crippen LogP contribution < -0.4 is 165 Å². The van der Waals surface area contributed by atoms with Crippen molar-refractivity contribution in [2.75, 3.05) is 24.6 Å². The van der Waals surface area contributed by atoms with Gasteiger partial charge in [0.1, 0.15) is 11.6 Å². The number of unbranched alkanes of at least 4 members (excludes halogenated alkanes) is 2. The third-order valence-electron chi connectivity index (χ3n) is 8.56. The van der Waals surface area contributed by atoms with Gasteiger partial charge in [0.2, 0.25) is 5.91 Å². The van der Waals surface area contributed by atoms with Crippen molar-refractivity contribution in [2.24, 2.45) is 16.1 Å². The average molecular weight is 926 g/mol. The van der Waals surface area contributed by atoms with E-state index in [0.29, 0.717) is 45.2 Å². The molecular formula is C27H36Cl4K3N7O9S2. The Morgan fingerprint density at radius 3 is 1.92 bits per heavy atom. The van der Waals surface area contributed by atoms with Gasteiger partial charge in [0.05, 0.1) is 66.1 Å². The maximum absolute atomic E-state index is 12.2. The standard InChI is InChI=1S/C27H39Cl4N7O9S2.3K/c1-15(39)34-19-12-17(37(8-2-4-10-48(42,43)44)9-3-5-11-49(45,46)47)6-7-18(19)35-36-26-16(13-32)14-33-38(26)25-23(30)21(28)20(27(40)41)22(29)24(25)31;;;/h14,17-25H,2-12H2,1H3,(H,34,39)(H,40,41)(H,42,43,44)(H,45,46,47);;;/q;3*+1/p-3. The van der Waals surface area contributed by atoms with Crippen LogP contribution in [0.3, 0.4) is 0 Å². The molecule has 16 nitrogen and oxygen atoms in total. The number of carboxylic acid groups (broad SMARTS) is 1. The average Bonchev–Trinajstić information content (AvgIpc) is 3.39. The number of azo groups is 1. The first-order chi connectivity index (χ1) is 22.8. The second-order valence-electron chi connectivity index (χ2n) is 12.1. The zero-order valence-corrected chi connectivity index (χ0v) is 43.3. The zero-order valence-electron chi connectivity index (χ0n) is 29.2.